The minimum absolute atomic E-state index is 0.0739. The summed E-state index contributed by atoms with van der Waals surface area (Å²) in [5.74, 6) is 0.527. The van der Waals surface area contributed by atoms with Crippen LogP contribution >= 0.6 is 0 Å². The zero-order valence-electron chi connectivity index (χ0n) is 12.6. The summed E-state index contributed by atoms with van der Waals surface area (Å²) in [7, 11) is -3.65. The van der Waals surface area contributed by atoms with Crippen LogP contribution in [0, 0.1) is 5.92 Å². The maximum Gasteiger partial charge on any atom is 0.238 e. The summed E-state index contributed by atoms with van der Waals surface area (Å²) < 4.78 is 28.5. The van der Waals surface area contributed by atoms with Gasteiger partial charge in [0, 0.05) is 19.2 Å². The van der Waals surface area contributed by atoms with Crippen LogP contribution in [0.3, 0.4) is 0 Å². The fourth-order valence-electron chi connectivity index (χ4n) is 2.78. The summed E-state index contributed by atoms with van der Waals surface area (Å²) in [6.07, 6.45) is 2.44. The van der Waals surface area contributed by atoms with Crippen molar-refractivity contribution in [3.63, 3.8) is 0 Å². The molecule has 2 rings (SSSR count). The molecule has 1 aliphatic heterocycles. The van der Waals surface area contributed by atoms with Crippen LogP contribution in [0.5, 0.6) is 0 Å². The molecule has 1 aromatic carbocycles. The smallest absolute Gasteiger partial charge is 0.238 e. The maximum absolute atomic E-state index is 11.4. The molecule has 0 amide bonds. The molecule has 1 aliphatic rings. The van der Waals surface area contributed by atoms with Gasteiger partial charge >= 0.3 is 0 Å². The van der Waals surface area contributed by atoms with E-state index in [0.717, 1.165) is 31.6 Å². The molecule has 0 aromatic heterocycles. The molecule has 0 spiro atoms. The molecule has 21 heavy (non-hydrogen) atoms. The zero-order chi connectivity index (χ0) is 15.5. The van der Waals surface area contributed by atoms with Gasteiger partial charge in [-0.1, -0.05) is 19.1 Å². The number of primary sulfonamides is 1. The van der Waals surface area contributed by atoms with Crippen LogP contribution < -0.4 is 10.5 Å². The van der Waals surface area contributed by atoms with Crippen molar-refractivity contribution >= 4 is 10.0 Å². The van der Waals surface area contributed by atoms with Crippen LogP contribution in [0.15, 0.2) is 29.2 Å². The van der Waals surface area contributed by atoms with E-state index in [1.807, 2.05) is 13.0 Å². The van der Waals surface area contributed by atoms with Crippen LogP contribution in [0.4, 0.5) is 0 Å². The first-order valence-corrected chi connectivity index (χ1v) is 8.94. The Balaban J connectivity index is 1.99. The lowest BCUT2D eigenvalue weighted by Crippen LogP contribution is -2.30. The van der Waals surface area contributed by atoms with Crippen molar-refractivity contribution in [2.24, 2.45) is 11.1 Å². The highest BCUT2D eigenvalue weighted by Gasteiger charge is 2.26. The van der Waals surface area contributed by atoms with Crippen LogP contribution in [0.25, 0.3) is 0 Å². The molecular formula is C15H24N2O3S. The van der Waals surface area contributed by atoms with E-state index in [0.29, 0.717) is 12.0 Å². The highest BCUT2D eigenvalue weighted by molar-refractivity contribution is 7.89. The normalized spacial score (nSPS) is 24.1. The molecule has 3 atom stereocenters. The third kappa shape index (κ3) is 4.26. The predicted octanol–water partition coefficient (Wildman–Crippen LogP) is 1.80. The largest absolute Gasteiger partial charge is 0.378 e. The molecule has 1 saturated heterocycles. The first kappa shape index (κ1) is 16.4. The minimum Gasteiger partial charge on any atom is -0.378 e. The average molecular weight is 312 g/mol. The lowest BCUT2D eigenvalue weighted by Gasteiger charge is -2.21. The predicted molar refractivity (Wildman–Crippen MR) is 82.4 cm³/mol. The van der Waals surface area contributed by atoms with E-state index in [1.165, 1.54) is 6.07 Å². The van der Waals surface area contributed by atoms with Gasteiger partial charge in [-0.2, -0.15) is 0 Å². The second-order valence-corrected chi connectivity index (χ2v) is 7.18. The number of hydrogen-bond donors (Lipinski definition) is 2. The summed E-state index contributed by atoms with van der Waals surface area (Å²) in [6, 6.07) is 6.86. The summed E-state index contributed by atoms with van der Waals surface area (Å²) in [5, 5.41) is 8.64. The molecule has 1 aromatic rings. The number of nitrogens with one attached hydrogen (secondary N) is 1. The number of hydrogen-bond acceptors (Lipinski definition) is 4. The van der Waals surface area contributed by atoms with Crippen molar-refractivity contribution in [3.05, 3.63) is 29.8 Å². The monoisotopic (exact) mass is 312 g/mol. The number of benzene rings is 1. The summed E-state index contributed by atoms with van der Waals surface area (Å²) in [4.78, 5) is 0.157. The van der Waals surface area contributed by atoms with Crippen LogP contribution in [-0.2, 0) is 14.8 Å². The quantitative estimate of drug-likeness (QED) is 0.839. The molecule has 118 valence electrons. The number of ether oxygens (including phenoxy) is 1. The second kappa shape index (κ2) is 6.87. The Labute approximate surface area is 126 Å². The first-order chi connectivity index (χ1) is 9.91. The molecule has 1 fully saturated rings. The van der Waals surface area contributed by atoms with E-state index in [9.17, 15) is 8.42 Å². The SMILES string of the molecule is CCC1OCCC1CNC(C)c1cccc(S(N)(=O)=O)c1. The van der Waals surface area contributed by atoms with E-state index in [4.69, 9.17) is 9.88 Å². The van der Waals surface area contributed by atoms with Crippen molar-refractivity contribution in [2.45, 2.75) is 43.7 Å². The van der Waals surface area contributed by atoms with Crippen molar-refractivity contribution in [1.29, 1.82) is 0 Å². The number of nitrogens with two attached hydrogens (primary N) is 1. The van der Waals surface area contributed by atoms with E-state index in [-0.39, 0.29) is 10.9 Å². The van der Waals surface area contributed by atoms with Crippen molar-refractivity contribution in [2.75, 3.05) is 13.2 Å². The Bertz CT molecular complexity index is 574. The topological polar surface area (TPSA) is 81.4 Å². The standard InChI is InChI=1S/C15H24N2O3S/c1-3-15-13(7-8-20-15)10-17-11(2)12-5-4-6-14(9-12)21(16,18)19/h4-6,9,11,13,15,17H,3,7-8,10H2,1-2H3,(H2,16,18,19). The summed E-state index contributed by atoms with van der Waals surface area (Å²) in [6.45, 7) is 5.88. The van der Waals surface area contributed by atoms with Crippen LogP contribution in [0.1, 0.15) is 38.3 Å². The van der Waals surface area contributed by atoms with Gasteiger partial charge in [-0.15, -0.1) is 0 Å². The zero-order valence-corrected chi connectivity index (χ0v) is 13.4. The lowest BCUT2D eigenvalue weighted by molar-refractivity contribution is 0.0867. The Morgan fingerprint density at radius 1 is 1.48 bits per heavy atom. The molecule has 1 heterocycles. The Morgan fingerprint density at radius 2 is 2.24 bits per heavy atom. The third-order valence-corrected chi connectivity index (χ3v) is 5.03. The van der Waals surface area contributed by atoms with Gasteiger partial charge in [0.1, 0.15) is 0 Å². The Morgan fingerprint density at radius 3 is 2.90 bits per heavy atom. The van der Waals surface area contributed by atoms with Gasteiger partial charge in [-0.3, -0.25) is 0 Å². The Hall–Kier alpha value is -0.950. The van der Waals surface area contributed by atoms with Gasteiger partial charge in [-0.05, 0) is 43.4 Å². The van der Waals surface area contributed by atoms with Gasteiger partial charge in [0.25, 0.3) is 0 Å². The van der Waals surface area contributed by atoms with E-state index < -0.39 is 10.0 Å². The van der Waals surface area contributed by atoms with Crippen molar-refractivity contribution < 1.29 is 13.2 Å². The molecule has 5 nitrogen and oxygen atoms in total. The summed E-state index contributed by atoms with van der Waals surface area (Å²) >= 11 is 0. The molecule has 0 saturated carbocycles. The number of sulfonamides is 1. The fraction of sp³-hybridized carbons (Fsp3) is 0.600. The third-order valence-electron chi connectivity index (χ3n) is 4.12. The highest BCUT2D eigenvalue weighted by atomic mass is 32.2. The molecular weight excluding hydrogens is 288 g/mol. The van der Waals surface area contributed by atoms with E-state index in [1.54, 1.807) is 12.1 Å². The van der Waals surface area contributed by atoms with Gasteiger partial charge in [0.2, 0.25) is 10.0 Å². The van der Waals surface area contributed by atoms with Crippen molar-refractivity contribution in [3.8, 4) is 0 Å². The second-order valence-electron chi connectivity index (χ2n) is 5.61. The van der Waals surface area contributed by atoms with Crippen LogP contribution in [0.2, 0.25) is 0 Å². The van der Waals surface area contributed by atoms with Gasteiger partial charge in [0.15, 0.2) is 0 Å². The van der Waals surface area contributed by atoms with Gasteiger partial charge in [0.05, 0.1) is 11.0 Å². The molecule has 0 aliphatic carbocycles. The minimum atomic E-state index is -3.65. The van der Waals surface area contributed by atoms with E-state index in [2.05, 4.69) is 12.2 Å². The van der Waals surface area contributed by atoms with Crippen LogP contribution in [-0.4, -0.2) is 27.7 Å². The molecule has 3 N–H and O–H groups in total. The van der Waals surface area contributed by atoms with Gasteiger partial charge in [-0.25, -0.2) is 13.6 Å². The molecule has 3 unspecified atom stereocenters. The van der Waals surface area contributed by atoms with E-state index >= 15 is 0 Å². The maximum atomic E-state index is 11.4. The molecule has 0 bridgehead atoms. The lowest BCUT2D eigenvalue weighted by atomic mass is 9.98. The Kier molecular flexibility index (Phi) is 5.37. The van der Waals surface area contributed by atoms with Crippen molar-refractivity contribution in [1.82, 2.24) is 5.32 Å². The highest BCUT2D eigenvalue weighted by Crippen LogP contribution is 2.24. The molecule has 0 radical (unpaired) electrons. The summed E-state index contributed by atoms with van der Waals surface area (Å²) in [5.41, 5.74) is 0.925. The molecule has 6 heteroatoms. The average Bonchev–Trinajstić information content (AvgIpc) is 2.91. The number of rotatable bonds is 6. The van der Waals surface area contributed by atoms with Gasteiger partial charge < -0.3 is 10.1 Å². The first-order valence-electron chi connectivity index (χ1n) is 7.39. The fourth-order valence-corrected chi connectivity index (χ4v) is 3.35.